The van der Waals surface area contributed by atoms with Crippen molar-refractivity contribution in [2.45, 2.75) is 13.3 Å². The smallest absolute Gasteiger partial charge is 0.329 e. The van der Waals surface area contributed by atoms with Gasteiger partial charge < -0.3 is 4.81 Å². The molecule has 168 valence electrons. The lowest BCUT2D eigenvalue weighted by Gasteiger charge is -2.43. The van der Waals surface area contributed by atoms with Crippen LogP contribution in [-0.2, 0) is 6.42 Å². The van der Waals surface area contributed by atoms with Gasteiger partial charge in [0.15, 0.2) is 0 Å². The first-order valence-electron chi connectivity index (χ1n) is 12.9. The first-order chi connectivity index (χ1) is 17.8. The van der Waals surface area contributed by atoms with Gasteiger partial charge in [0.2, 0.25) is 0 Å². The molecule has 0 amide bonds. The molecule has 0 bridgehead atoms. The quantitative estimate of drug-likeness (QED) is 0.232. The maximum Gasteiger partial charge on any atom is 0.329 e. The summed E-state index contributed by atoms with van der Waals surface area (Å²) in [5.41, 5.74) is 12.1. The van der Waals surface area contributed by atoms with Crippen LogP contribution in [0.2, 0.25) is 0 Å². The molecule has 36 heavy (non-hydrogen) atoms. The first-order valence-corrected chi connectivity index (χ1v) is 12.9. The summed E-state index contributed by atoms with van der Waals surface area (Å²) in [5, 5.41) is 5.17. The lowest BCUT2D eigenvalue weighted by atomic mass is 9.43. The van der Waals surface area contributed by atoms with Crippen molar-refractivity contribution in [1.82, 2.24) is 0 Å². The number of hydrogen-bond acceptors (Lipinski definition) is 1. The highest BCUT2D eigenvalue weighted by Gasteiger charge is 2.42. The summed E-state index contributed by atoms with van der Waals surface area (Å²) in [6, 6.07) is 43.2. The molecule has 2 heterocycles. The van der Waals surface area contributed by atoms with Gasteiger partial charge >= 0.3 is 6.85 Å². The molecule has 6 aromatic carbocycles. The minimum Gasteiger partial charge on any atom is -0.376 e. The Balaban J connectivity index is 1.52. The van der Waals surface area contributed by atoms with Crippen LogP contribution in [0.25, 0.3) is 43.8 Å². The van der Waals surface area contributed by atoms with Gasteiger partial charge in [-0.15, -0.1) is 0 Å². The highest BCUT2D eigenvalue weighted by molar-refractivity contribution is 6.92. The van der Waals surface area contributed by atoms with Crippen LogP contribution in [0.15, 0.2) is 115 Å². The molecule has 0 N–H and O–H groups in total. The number of nitrogens with zero attached hydrogens (tertiary/aromatic N) is 1. The second-order valence-corrected chi connectivity index (χ2v) is 10.1. The van der Waals surface area contributed by atoms with Gasteiger partial charge in [-0.25, -0.2) is 0 Å². The fourth-order valence-corrected chi connectivity index (χ4v) is 6.42. The van der Waals surface area contributed by atoms with Gasteiger partial charge in [0.05, 0.1) is 0 Å². The average Bonchev–Trinajstić information content (AvgIpc) is 2.94. The van der Waals surface area contributed by atoms with E-state index in [1.807, 2.05) is 0 Å². The number of aryl methyl sites for hydroxylation is 1. The molecule has 1 nitrogen and oxygen atoms in total. The number of rotatable bonds is 1. The largest absolute Gasteiger partial charge is 0.376 e. The van der Waals surface area contributed by atoms with Crippen molar-refractivity contribution in [2.24, 2.45) is 0 Å². The Bertz CT molecular complexity index is 1850. The molecule has 0 aliphatic carbocycles. The molecule has 0 radical (unpaired) electrons. The van der Waals surface area contributed by atoms with Crippen LogP contribution in [0.5, 0.6) is 0 Å². The standard InChI is InChI=1S/C34H24BN/c1-2-22-15-16-31-28(17-22)30-19-24-10-4-6-12-26(24)21-34(30)36-33-14-8-7-13-27(33)29-18-23-9-3-5-11-25(23)20-32(29)35(31)36/h3-21H,2H2,1H3. The van der Waals surface area contributed by atoms with Crippen LogP contribution in [0.3, 0.4) is 0 Å². The Kier molecular flexibility index (Phi) is 4.07. The maximum absolute atomic E-state index is 2.60. The van der Waals surface area contributed by atoms with Crippen LogP contribution in [-0.4, -0.2) is 6.85 Å². The average molecular weight is 457 g/mol. The molecule has 2 heteroatoms. The third kappa shape index (κ3) is 2.67. The van der Waals surface area contributed by atoms with E-state index in [0.29, 0.717) is 0 Å². The van der Waals surface area contributed by atoms with E-state index in [-0.39, 0.29) is 6.85 Å². The molecule has 0 spiro atoms. The molecule has 0 saturated carbocycles. The zero-order valence-electron chi connectivity index (χ0n) is 20.2. The lowest BCUT2D eigenvalue weighted by Crippen LogP contribution is -2.59. The van der Waals surface area contributed by atoms with E-state index in [1.54, 1.807) is 0 Å². The molecule has 0 atom stereocenters. The summed E-state index contributed by atoms with van der Waals surface area (Å²) in [6.45, 7) is 2.38. The first kappa shape index (κ1) is 20.0. The molecule has 2 aliphatic rings. The maximum atomic E-state index is 2.60. The minimum atomic E-state index is 0.133. The molecular weight excluding hydrogens is 433 g/mol. The molecule has 0 fully saturated rings. The zero-order chi connectivity index (χ0) is 23.8. The van der Waals surface area contributed by atoms with Gasteiger partial charge in [-0.05, 0) is 79.8 Å². The van der Waals surface area contributed by atoms with E-state index >= 15 is 0 Å². The van der Waals surface area contributed by atoms with E-state index in [9.17, 15) is 0 Å². The SMILES string of the molecule is CCc1ccc2c(c1)-c1cc3ccccc3cc1N1B2c2cc3ccccc3cc2-c2ccccc21. The fourth-order valence-electron chi connectivity index (χ4n) is 6.42. The van der Waals surface area contributed by atoms with Crippen molar-refractivity contribution in [1.29, 1.82) is 0 Å². The van der Waals surface area contributed by atoms with Crippen LogP contribution >= 0.6 is 0 Å². The summed E-state index contributed by atoms with van der Waals surface area (Å²) in [4.78, 5) is 2.60. The predicted molar refractivity (Wildman–Crippen MR) is 155 cm³/mol. The fraction of sp³-hybridized carbons (Fsp3) is 0.0588. The minimum absolute atomic E-state index is 0.133. The summed E-state index contributed by atoms with van der Waals surface area (Å²) >= 11 is 0. The highest BCUT2D eigenvalue weighted by atomic mass is 15.1. The lowest BCUT2D eigenvalue weighted by molar-refractivity contribution is 1.14. The van der Waals surface area contributed by atoms with Crippen molar-refractivity contribution < 1.29 is 0 Å². The molecule has 0 unspecified atom stereocenters. The van der Waals surface area contributed by atoms with Crippen LogP contribution in [0.4, 0.5) is 11.4 Å². The molecule has 8 rings (SSSR count). The third-order valence-electron chi connectivity index (χ3n) is 8.16. The van der Waals surface area contributed by atoms with Crippen LogP contribution in [0, 0.1) is 0 Å². The van der Waals surface area contributed by atoms with Crippen molar-refractivity contribution in [2.75, 3.05) is 4.81 Å². The number of anilines is 2. The number of fused-ring (bicyclic) bond motifs is 13. The van der Waals surface area contributed by atoms with Crippen molar-refractivity contribution in [3.63, 3.8) is 0 Å². The van der Waals surface area contributed by atoms with Gasteiger partial charge in [0.1, 0.15) is 0 Å². The number of benzene rings is 6. The summed E-state index contributed by atoms with van der Waals surface area (Å²) in [6.07, 6.45) is 1.04. The van der Waals surface area contributed by atoms with Crippen molar-refractivity contribution in [3.8, 4) is 22.3 Å². The number of para-hydroxylation sites is 1. The molecule has 0 saturated heterocycles. The Morgan fingerprint density at radius 2 is 1.11 bits per heavy atom. The molecule has 0 aromatic heterocycles. The molecule has 6 aromatic rings. The van der Waals surface area contributed by atoms with Crippen LogP contribution < -0.4 is 15.7 Å². The second kappa shape index (κ2) is 7.35. The predicted octanol–water partition coefficient (Wildman–Crippen LogP) is 7.46. The Labute approximate surface area is 211 Å². The topological polar surface area (TPSA) is 3.24 Å². The van der Waals surface area contributed by atoms with E-state index in [2.05, 4.69) is 127 Å². The van der Waals surface area contributed by atoms with Gasteiger partial charge in [0, 0.05) is 22.5 Å². The van der Waals surface area contributed by atoms with Crippen molar-refractivity contribution >= 4 is 50.7 Å². The Morgan fingerprint density at radius 1 is 0.500 bits per heavy atom. The monoisotopic (exact) mass is 457 g/mol. The summed E-state index contributed by atoms with van der Waals surface area (Å²) < 4.78 is 0. The zero-order valence-corrected chi connectivity index (χ0v) is 20.2. The van der Waals surface area contributed by atoms with Crippen LogP contribution in [0.1, 0.15) is 12.5 Å². The Morgan fingerprint density at radius 3 is 1.86 bits per heavy atom. The normalized spacial score (nSPS) is 13.1. The number of hydrogen-bond donors (Lipinski definition) is 0. The van der Waals surface area contributed by atoms with E-state index < -0.39 is 0 Å². The summed E-state index contributed by atoms with van der Waals surface area (Å²) in [7, 11) is 0. The van der Waals surface area contributed by atoms with E-state index in [4.69, 9.17) is 0 Å². The van der Waals surface area contributed by atoms with Gasteiger partial charge in [0.25, 0.3) is 0 Å². The second-order valence-electron chi connectivity index (χ2n) is 10.1. The van der Waals surface area contributed by atoms with Gasteiger partial charge in [-0.1, -0.05) is 97.9 Å². The molecular formula is C34H24BN. The van der Waals surface area contributed by atoms with Gasteiger partial charge in [-0.3, -0.25) is 0 Å². The molecule has 2 aliphatic heterocycles. The Hall–Kier alpha value is -4.30. The third-order valence-corrected chi connectivity index (χ3v) is 8.16. The highest BCUT2D eigenvalue weighted by Crippen LogP contribution is 2.47. The van der Waals surface area contributed by atoms with E-state index in [1.165, 1.54) is 71.7 Å². The van der Waals surface area contributed by atoms with E-state index in [0.717, 1.165) is 6.42 Å². The van der Waals surface area contributed by atoms with Gasteiger partial charge in [-0.2, -0.15) is 0 Å². The van der Waals surface area contributed by atoms with Crippen molar-refractivity contribution in [3.05, 3.63) is 121 Å². The summed E-state index contributed by atoms with van der Waals surface area (Å²) in [5.74, 6) is 0.